The number of hydrogen-bond donors (Lipinski definition) is 1. The van der Waals surface area contributed by atoms with Gasteiger partial charge in [0.25, 0.3) is 0 Å². The van der Waals surface area contributed by atoms with Crippen molar-refractivity contribution < 1.29 is 13.9 Å². The largest absolute Gasteiger partial charge is 0.493 e. The smallest absolute Gasteiger partial charge is 0.227 e. The lowest BCUT2D eigenvalue weighted by molar-refractivity contribution is -0.116. The van der Waals surface area contributed by atoms with Crippen LogP contribution in [0.2, 0.25) is 0 Å². The summed E-state index contributed by atoms with van der Waals surface area (Å²) in [5, 5.41) is 2.87. The molecule has 25 heavy (non-hydrogen) atoms. The predicted octanol–water partition coefficient (Wildman–Crippen LogP) is 4.37. The van der Waals surface area contributed by atoms with Gasteiger partial charge in [-0.05, 0) is 44.2 Å². The minimum Gasteiger partial charge on any atom is -0.493 e. The number of para-hydroxylation sites is 1. The Morgan fingerprint density at radius 1 is 1.12 bits per heavy atom. The molecule has 128 valence electrons. The van der Waals surface area contributed by atoms with Crippen LogP contribution in [-0.2, 0) is 4.79 Å². The molecule has 2 aromatic carbocycles. The molecule has 0 atom stereocenters. The zero-order chi connectivity index (χ0) is 17.6. The van der Waals surface area contributed by atoms with Gasteiger partial charge in [0.15, 0.2) is 0 Å². The first-order valence-electron chi connectivity index (χ1n) is 8.14. The molecule has 5 heteroatoms. The molecule has 0 saturated carbocycles. The molecule has 0 unspecified atom stereocenters. The number of rotatable bonds is 6. The van der Waals surface area contributed by atoms with E-state index in [1.54, 1.807) is 0 Å². The third-order valence-electron chi connectivity index (χ3n) is 3.76. The maximum Gasteiger partial charge on any atom is 0.227 e. The Balaban J connectivity index is 1.57. The number of amides is 1. The fourth-order valence-electron chi connectivity index (χ4n) is 2.33. The molecule has 0 aliphatic carbocycles. The second-order valence-corrected chi connectivity index (χ2v) is 5.70. The van der Waals surface area contributed by atoms with E-state index in [0.29, 0.717) is 18.2 Å². The number of aromatic nitrogens is 1. The highest BCUT2D eigenvalue weighted by Gasteiger charge is 2.10. The summed E-state index contributed by atoms with van der Waals surface area (Å²) in [4.78, 5) is 16.5. The van der Waals surface area contributed by atoms with Crippen LogP contribution in [0.15, 0.2) is 59.0 Å². The highest BCUT2D eigenvalue weighted by atomic mass is 16.5. The highest BCUT2D eigenvalue weighted by molar-refractivity contribution is 5.91. The molecule has 0 aliphatic rings. The molecule has 0 saturated heterocycles. The molecule has 0 aliphatic heterocycles. The zero-order valence-corrected chi connectivity index (χ0v) is 14.3. The van der Waals surface area contributed by atoms with Crippen LogP contribution in [0, 0.1) is 13.8 Å². The summed E-state index contributed by atoms with van der Waals surface area (Å²) in [6.07, 6.45) is 0.274. The van der Waals surface area contributed by atoms with Crippen LogP contribution in [0.3, 0.4) is 0 Å². The molecule has 0 spiro atoms. The van der Waals surface area contributed by atoms with Gasteiger partial charge in [-0.25, -0.2) is 4.98 Å². The van der Waals surface area contributed by atoms with Gasteiger partial charge in [0.1, 0.15) is 11.5 Å². The van der Waals surface area contributed by atoms with Crippen LogP contribution in [0.1, 0.15) is 17.9 Å². The number of nitrogens with one attached hydrogen (secondary N) is 1. The van der Waals surface area contributed by atoms with Gasteiger partial charge < -0.3 is 14.5 Å². The van der Waals surface area contributed by atoms with Crippen molar-refractivity contribution in [3.8, 4) is 17.2 Å². The molecule has 0 bridgehead atoms. The number of hydrogen-bond acceptors (Lipinski definition) is 4. The van der Waals surface area contributed by atoms with E-state index in [4.69, 9.17) is 9.15 Å². The fraction of sp³-hybridized carbons (Fsp3) is 0.200. The molecule has 3 rings (SSSR count). The summed E-state index contributed by atoms with van der Waals surface area (Å²) in [5.41, 5.74) is 2.40. The van der Waals surface area contributed by atoms with Crippen LogP contribution in [0.4, 0.5) is 5.69 Å². The van der Waals surface area contributed by atoms with Crippen molar-refractivity contribution in [1.29, 1.82) is 0 Å². The zero-order valence-electron chi connectivity index (χ0n) is 14.3. The van der Waals surface area contributed by atoms with Crippen LogP contribution in [-0.4, -0.2) is 17.5 Å². The summed E-state index contributed by atoms with van der Waals surface area (Å²) in [6.45, 7) is 4.11. The second-order valence-electron chi connectivity index (χ2n) is 5.70. The quantitative estimate of drug-likeness (QED) is 0.726. The number of oxazole rings is 1. The third-order valence-corrected chi connectivity index (χ3v) is 3.76. The number of carbonyl (C=O) groups excluding carboxylic acids is 1. The lowest BCUT2D eigenvalue weighted by Gasteiger charge is -2.08. The third kappa shape index (κ3) is 4.47. The SMILES string of the molecule is Cc1nc(-c2cccc(NC(=O)CCOc3ccccc3)c2)oc1C. The number of nitrogens with zero attached hydrogens (tertiary/aromatic N) is 1. The van der Waals surface area contributed by atoms with E-state index < -0.39 is 0 Å². The number of ether oxygens (including phenoxy) is 1. The summed E-state index contributed by atoms with van der Waals surface area (Å²) >= 11 is 0. The van der Waals surface area contributed by atoms with E-state index in [2.05, 4.69) is 10.3 Å². The van der Waals surface area contributed by atoms with Gasteiger partial charge in [-0.1, -0.05) is 24.3 Å². The summed E-state index contributed by atoms with van der Waals surface area (Å²) in [7, 11) is 0. The van der Waals surface area contributed by atoms with Crippen molar-refractivity contribution >= 4 is 11.6 Å². The minimum absolute atomic E-state index is 0.104. The first kappa shape index (κ1) is 16.8. The minimum atomic E-state index is -0.104. The average Bonchev–Trinajstić information content (AvgIpc) is 2.95. The summed E-state index contributed by atoms with van der Waals surface area (Å²) in [5.74, 6) is 2.00. The van der Waals surface area contributed by atoms with E-state index in [9.17, 15) is 4.79 Å². The van der Waals surface area contributed by atoms with Crippen molar-refractivity contribution in [1.82, 2.24) is 4.98 Å². The van der Waals surface area contributed by atoms with Gasteiger partial charge in [-0.15, -0.1) is 0 Å². The molecule has 1 aromatic heterocycles. The van der Waals surface area contributed by atoms with Gasteiger partial charge in [-0.3, -0.25) is 4.79 Å². The molecule has 3 aromatic rings. The maximum absolute atomic E-state index is 12.1. The Bertz CT molecular complexity index is 837. The molecule has 1 amide bonds. The number of benzene rings is 2. The fourth-order valence-corrected chi connectivity index (χ4v) is 2.33. The van der Waals surface area contributed by atoms with E-state index in [0.717, 1.165) is 22.8 Å². The normalized spacial score (nSPS) is 10.5. The van der Waals surface area contributed by atoms with Crippen molar-refractivity contribution in [3.63, 3.8) is 0 Å². The Kier molecular flexibility index (Phi) is 5.14. The maximum atomic E-state index is 12.1. The van der Waals surface area contributed by atoms with Gasteiger partial charge >= 0.3 is 0 Å². The summed E-state index contributed by atoms with van der Waals surface area (Å²) in [6, 6.07) is 16.9. The number of carbonyl (C=O) groups is 1. The standard InChI is InChI=1S/C20H20N2O3/c1-14-15(2)25-20(21-14)16-7-6-8-17(13-16)22-19(23)11-12-24-18-9-4-3-5-10-18/h3-10,13H,11-12H2,1-2H3,(H,22,23). The highest BCUT2D eigenvalue weighted by Crippen LogP contribution is 2.24. The predicted molar refractivity (Wildman–Crippen MR) is 96.6 cm³/mol. The average molecular weight is 336 g/mol. The van der Waals surface area contributed by atoms with Crippen LogP contribution in [0.25, 0.3) is 11.5 Å². The van der Waals surface area contributed by atoms with E-state index in [1.165, 1.54) is 0 Å². The van der Waals surface area contributed by atoms with Crippen LogP contribution >= 0.6 is 0 Å². The van der Waals surface area contributed by atoms with Gasteiger partial charge in [0.05, 0.1) is 18.7 Å². The Hall–Kier alpha value is -3.08. The molecule has 1 N–H and O–H groups in total. The van der Waals surface area contributed by atoms with Gasteiger partial charge in [0, 0.05) is 11.3 Å². The van der Waals surface area contributed by atoms with Crippen molar-refractivity contribution in [2.75, 3.05) is 11.9 Å². The van der Waals surface area contributed by atoms with Crippen molar-refractivity contribution in [2.24, 2.45) is 0 Å². The number of aryl methyl sites for hydroxylation is 2. The lowest BCUT2D eigenvalue weighted by Crippen LogP contribution is -2.15. The van der Waals surface area contributed by atoms with E-state index in [1.807, 2.05) is 68.4 Å². The Morgan fingerprint density at radius 2 is 1.92 bits per heavy atom. The number of anilines is 1. The topological polar surface area (TPSA) is 64.4 Å². The van der Waals surface area contributed by atoms with E-state index in [-0.39, 0.29) is 12.3 Å². The second kappa shape index (κ2) is 7.66. The molecule has 0 radical (unpaired) electrons. The van der Waals surface area contributed by atoms with Crippen molar-refractivity contribution in [3.05, 3.63) is 66.1 Å². The van der Waals surface area contributed by atoms with Gasteiger partial charge in [0.2, 0.25) is 11.8 Å². The molecule has 0 fully saturated rings. The Labute approximate surface area is 146 Å². The molecular weight excluding hydrogens is 316 g/mol. The monoisotopic (exact) mass is 336 g/mol. The van der Waals surface area contributed by atoms with Crippen LogP contribution in [0.5, 0.6) is 5.75 Å². The molecule has 1 heterocycles. The van der Waals surface area contributed by atoms with Crippen LogP contribution < -0.4 is 10.1 Å². The first-order valence-corrected chi connectivity index (χ1v) is 8.14. The first-order chi connectivity index (χ1) is 12.1. The Morgan fingerprint density at radius 3 is 2.64 bits per heavy atom. The molecule has 5 nitrogen and oxygen atoms in total. The summed E-state index contributed by atoms with van der Waals surface area (Å²) < 4.78 is 11.2. The van der Waals surface area contributed by atoms with Gasteiger partial charge in [-0.2, -0.15) is 0 Å². The lowest BCUT2D eigenvalue weighted by atomic mass is 10.2. The molecular formula is C20H20N2O3. The van der Waals surface area contributed by atoms with E-state index >= 15 is 0 Å². The van der Waals surface area contributed by atoms with Crippen molar-refractivity contribution in [2.45, 2.75) is 20.3 Å².